The summed E-state index contributed by atoms with van der Waals surface area (Å²) < 4.78 is 107. The van der Waals surface area contributed by atoms with Crippen LogP contribution in [0, 0.1) is 40.7 Å². The summed E-state index contributed by atoms with van der Waals surface area (Å²) in [6, 6.07) is 13.2. The molecule has 8 heteroatoms. The van der Waals surface area contributed by atoms with Gasteiger partial charge in [0.1, 0.15) is 5.82 Å². The molecule has 0 spiro atoms. The fraction of sp³-hybridized carbons (Fsp3) is 0.0370. The minimum absolute atomic E-state index is 0.000331. The normalized spacial score (nSPS) is 11.4. The van der Waals surface area contributed by atoms with Crippen molar-refractivity contribution in [1.29, 1.82) is 0 Å². The molecule has 0 radical (unpaired) electrons. The molecule has 0 aliphatic heterocycles. The van der Waals surface area contributed by atoms with Gasteiger partial charge in [0.25, 0.3) is 0 Å². The highest BCUT2D eigenvalue weighted by Crippen LogP contribution is 2.47. The quantitative estimate of drug-likeness (QED) is 0.142. The highest BCUT2D eigenvalue weighted by Gasteiger charge is 2.30. The maximum Gasteiger partial charge on any atom is 0.204 e. The minimum Gasteiger partial charge on any atom is -0.491 e. The van der Waals surface area contributed by atoms with Gasteiger partial charge in [0.2, 0.25) is 11.6 Å². The van der Waals surface area contributed by atoms with Crippen LogP contribution in [0.2, 0.25) is 0 Å². The maximum absolute atomic E-state index is 15.2. The fourth-order valence-corrected chi connectivity index (χ4v) is 4.39. The van der Waals surface area contributed by atoms with Crippen molar-refractivity contribution < 1.29 is 35.5 Å². The Bertz CT molecular complexity index is 1620. The third-order valence-corrected chi connectivity index (χ3v) is 5.86. The van der Waals surface area contributed by atoms with Crippen molar-refractivity contribution >= 4 is 21.5 Å². The number of hydrogen-bond donors (Lipinski definition) is 0. The first kappa shape index (κ1) is 22.7. The Balaban J connectivity index is 2.09. The molecule has 0 N–H and O–H groups in total. The van der Waals surface area contributed by atoms with E-state index in [9.17, 15) is 22.0 Å². The molecule has 0 saturated carbocycles. The molecular weight excluding hydrogens is 473 g/mol. The standard InChI is InChI=1S/C27H13F7O/c1-35-27-25(33)23(31)22(24(32)26(27)34)21-15-9-13(28)7-8-14(15)20(12-5-3-2-4-6-12)16-10-18(29)19(30)11-17(16)21/h2-11H,1H3. The smallest absolute Gasteiger partial charge is 0.204 e. The molecule has 0 aliphatic rings. The first-order valence-electron chi connectivity index (χ1n) is 10.2. The molecular formula is C27H13F7O. The van der Waals surface area contributed by atoms with Crippen molar-refractivity contribution in [3.8, 4) is 28.0 Å². The summed E-state index contributed by atoms with van der Waals surface area (Å²) in [7, 11) is 0.826. The van der Waals surface area contributed by atoms with Crippen molar-refractivity contribution in [2.75, 3.05) is 7.11 Å². The predicted molar refractivity (Wildman–Crippen MR) is 119 cm³/mol. The van der Waals surface area contributed by atoms with E-state index in [-0.39, 0.29) is 21.5 Å². The molecule has 5 aromatic carbocycles. The molecule has 0 bridgehead atoms. The van der Waals surface area contributed by atoms with Crippen LogP contribution in [0.1, 0.15) is 0 Å². The van der Waals surface area contributed by atoms with Gasteiger partial charge in [-0.2, -0.15) is 8.78 Å². The number of hydrogen-bond acceptors (Lipinski definition) is 1. The van der Waals surface area contributed by atoms with Crippen LogP contribution in [0.3, 0.4) is 0 Å². The Morgan fingerprint density at radius 3 is 1.63 bits per heavy atom. The summed E-state index contributed by atoms with van der Waals surface area (Å²) in [5.74, 6) is -12.0. The second-order valence-electron chi connectivity index (χ2n) is 7.78. The summed E-state index contributed by atoms with van der Waals surface area (Å²) in [5.41, 5.74) is -0.913. The average molecular weight is 486 g/mol. The summed E-state index contributed by atoms with van der Waals surface area (Å²) in [6.07, 6.45) is 0. The maximum atomic E-state index is 15.2. The van der Waals surface area contributed by atoms with Gasteiger partial charge in [-0.25, -0.2) is 22.0 Å². The lowest BCUT2D eigenvalue weighted by atomic mass is 9.85. The van der Waals surface area contributed by atoms with Gasteiger partial charge in [0, 0.05) is 5.56 Å². The van der Waals surface area contributed by atoms with Crippen molar-refractivity contribution in [2.45, 2.75) is 0 Å². The third-order valence-electron chi connectivity index (χ3n) is 5.86. The van der Waals surface area contributed by atoms with E-state index in [2.05, 4.69) is 4.74 Å². The van der Waals surface area contributed by atoms with Gasteiger partial charge in [-0.15, -0.1) is 0 Å². The van der Waals surface area contributed by atoms with Gasteiger partial charge in [0.05, 0.1) is 12.7 Å². The van der Waals surface area contributed by atoms with E-state index in [0.29, 0.717) is 17.2 Å². The first-order chi connectivity index (χ1) is 16.7. The topological polar surface area (TPSA) is 9.23 Å². The molecule has 5 aromatic rings. The van der Waals surface area contributed by atoms with E-state index in [1.807, 2.05) is 0 Å². The Morgan fingerprint density at radius 2 is 1.06 bits per heavy atom. The Labute approximate surface area is 194 Å². The van der Waals surface area contributed by atoms with Crippen LogP contribution in [0.4, 0.5) is 30.7 Å². The molecule has 1 nitrogen and oxygen atoms in total. The fourth-order valence-electron chi connectivity index (χ4n) is 4.39. The third kappa shape index (κ3) is 3.39. The van der Waals surface area contributed by atoms with Crippen LogP contribution in [0.5, 0.6) is 5.75 Å². The molecule has 176 valence electrons. The van der Waals surface area contributed by atoms with Gasteiger partial charge in [-0.1, -0.05) is 36.4 Å². The highest BCUT2D eigenvalue weighted by molar-refractivity contribution is 6.21. The van der Waals surface area contributed by atoms with E-state index < -0.39 is 57.6 Å². The molecule has 0 unspecified atom stereocenters. The number of rotatable bonds is 3. The zero-order chi connectivity index (χ0) is 25.0. The predicted octanol–water partition coefficient (Wildman–Crippen LogP) is 8.31. The SMILES string of the molecule is COc1c(F)c(F)c(-c2c3cc(F)ccc3c(-c3ccccc3)c3cc(F)c(F)cc23)c(F)c1F. The van der Waals surface area contributed by atoms with Crippen LogP contribution in [-0.4, -0.2) is 7.11 Å². The second-order valence-corrected chi connectivity index (χ2v) is 7.78. The van der Waals surface area contributed by atoms with E-state index in [0.717, 1.165) is 25.3 Å². The van der Waals surface area contributed by atoms with Crippen LogP contribution >= 0.6 is 0 Å². The minimum atomic E-state index is -1.83. The van der Waals surface area contributed by atoms with E-state index in [1.165, 1.54) is 6.07 Å². The number of benzene rings is 5. The molecule has 0 atom stereocenters. The van der Waals surface area contributed by atoms with Gasteiger partial charge in [-0.05, 0) is 56.9 Å². The molecule has 0 amide bonds. The largest absolute Gasteiger partial charge is 0.491 e. The lowest BCUT2D eigenvalue weighted by molar-refractivity contribution is 0.334. The van der Waals surface area contributed by atoms with Crippen LogP contribution < -0.4 is 4.74 Å². The highest BCUT2D eigenvalue weighted by atomic mass is 19.2. The lowest BCUT2D eigenvalue weighted by Crippen LogP contribution is -2.05. The van der Waals surface area contributed by atoms with Crippen molar-refractivity contribution in [3.63, 3.8) is 0 Å². The van der Waals surface area contributed by atoms with Crippen LogP contribution in [0.25, 0.3) is 43.8 Å². The molecule has 35 heavy (non-hydrogen) atoms. The Hall–Kier alpha value is -4.07. The van der Waals surface area contributed by atoms with E-state index in [4.69, 9.17) is 0 Å². The van der Waals surface area contributed by atoms with Gasteiger partial charge in [0.15, 0.2) is 29.0 Å². The van der Waals surface area contributed by atoms with Gasteiger partial charge < -0.3 is 4.74 Å². The first-order valence-corrected chi connectivity index (χ1v) is 10.2. The summed E-state index contributed by atoms with van der Waals surface area (Å²) >= 11 is 0. The van der Waals surface area contributed by atoms with Gasteiger partial charge in [-0.3, -0.25) is 0 Å². The molecule has 0 aromatic heterocycles. The Morgan fingerprint density at radius 1 is 0.514 bits per heavy atom. The number of ether oxygens (including phenoxy) is 1. The van der Waals surface area contributed by atoms with Gasteiger partial charge >= 0.3 is 0 Å². The zero-order valence-electron chi connectivity index (χ0n) is 17.8. The van der Waals surface area contributed by atoms with E-state index >= 15 is 8.78 Å². The lowest BCUT2D eigenvalue weighted by Gasteiger charge is -2.19. The molecule has 0 heterocycles. The monoisotopic (exact) mass is 486 g/mol. The van der Waals surface area contributed by atoms with Crippen molar-refractivity contribution in [3.05, 3.63) is 101 Å². The van der Waals surface area contributed by atoms with E-state index in [1.54, 1.807) is 30.3 Å². The zero-order valence-corrected chi connectivity index (χ0v) is 17.8. The number of methoxy groups -OCH3 is 1. The van der Waals surface area contributed by atoms with Crippen LogP contribution in [0.15, 0.2) is 60.7 Å². The number of halogens is 7. The molecule has 5 rings (SSSR count). The second kappa shape index (κ2) is 8.30. The van der Waals surface area contributed by atoms with Crippen LogP contribution in [-0.2, 0) is 0 Å². The summed E-state index contributed by atoms with van der Waals surface area (Å²) in [6.45, 7) is 0. The van der Waals surface area contributed by atoms with Crippen molar-refractivity contribution in [1.82, 2.24) is 0 Å². The molecule has 0 aliphatic carbocycles. The summed E-state index contributed by atoms with van der Waals surface area (Å²) in [5, 5.41) is -0.243. The van der Waals surface area contributed by atoms with Crippen molar-refractivity contribution in [2.24, 2.45) is 0 Å². The Kier molecular flexibility index (Phi) is 5.39. The average Bonchev–Trinajstić information content (AvgIpc) is 2.85. The summed E-state index contributed by atoms with van der Waals surface area (Å²) in [4.78, 5) is 0. The molecule has 0 fully saturated rings. The number of fused-ring (bicyclic) bond motifs is 2. The molecule has 0 saturated heterocycles.